The van der Waals surface area contributed by atoms with E-state index in [4.69, 9.17) is 14.2 Å². The molecule has 2 amide bonds. The second-order valence-corrected chi connectivity index (χ2v) is 9.90. The highest BCUT2D eigenvalue weighted by Gasteiger charge is 2.54. The Morgan fingerprint density at radius 3 is 2.40 bits per heavy atom. The van der Waals surface area contributed by atoms with E-state index in [0.717, 1.165) is 6.42 Å². The van der Waals surface area contributed by atoms with Crippen molar-refractivity contribution in [1.82, 2.24) is 15.5 Å². The van der Waals surface area contributed by atoms with E-state index in [2.05, 4.69) is 10.6 Å². The zero-order valence-corrected chi connectivity index (χ0v) is 18.4. The smallest absolute Gasteiger partial charge is 0.318 e. The lowest BCUT2D eigenvalue weighted by molar-refractivity contribution is -0.178. The minimum Gasteiger partial charge on any atom is -0.378 e. The van der Waals surface area contributed by atoms with Crippen LogP contribution in [0.15, 0.2) is 0 Å². The average molecular weight is 424 g/mol. The summed E-state index contributed by atoms with van der Waals surface area (Å²) >= 11 is 0. The lowest BCUT2D eigenvalue weighted by Crippen LogP contribution is -2.76. The van der Waals surface area contributed by atoms with Crippen molar-refractivity contribution in [2.45, 2.75) is 82.2 Å². The van der Waals surface area contributed by atoms with E-state index >= 15 is 0 Å². The highest BCUT2D eigenvalue weighted by atomic mass is 16.5. The van der Waals surface area contributed by atoms with E-state index < -0.39 is 17.2 Å². The molecule has 3 heterocycles. The number of carbonyl (C=O) groups excluding carboxylic acids is 2. The Morgan fingerprint density at radius 2 is 1.83 bits per heavy atom. The molecule has 1 saturated carbocycles. The molecule has 30 heavy (non-hydrogen) atoms. The second-order valence-electron chi connectivity index (χ2n) is 9.90. The molecule has 3 saturated heterocycles. The molecule has 8 nitrogen and oxygen atoms in total. The van der Waals surface area contributed by atoms with Crippen molar-refractivity contribution in [3.05, 3.63) is 0 Å². The maximum absolute atomic E-state index is 13.1. The topological polar surface area (TPSA) is 89.1 Å². The van der Waals surface area contributed by atoms with Gasteiger partial charge in [0.15, 0.2) is 5.78 Å². The Bertz CT molecular complexity index is 628. The molecule has 1 unspecified atom stereocenters. The summed E-state index contributed by atoms with van der Waals surface area (Å²) in [4.78, 5) is 27.3. The predicted molar refractivity (Wildman–Crippen MR) is 111 cm³/mol. The Morgan fingerprint density at radius 1 is 1.13 bits per heavy atom. The van der Waals surface area contributed by atoms with Crippen molar-refractivity contribution >= 4 is 11.8 Å². The van der Waals surface area contributed by atoms with Crippen LogP contribution in [0.25, 0.3) is 0 Å². The van der Waals surface area contributed by atoms with Crippen LogP contribution in [-0.2, 0) is 19.0 Å². The zero-order chi connectivity index (χ0) is 21.2. The molecule has 3 atom stereocenters. The summed E-state index contributed by atoms with van der Waals surface area (Å²) in [6, 6.07) is -0.494. The van der Waals surface area contributed by atoms with Crippen LogP contribution in [0, 0.1) is 5.92 Å². The summed E-state index contributed by atoms with van der Waals surface area (Å²) in [7, 11) is 0. The number of nitrogens with zero attached hydrogens (tertiary/aromatic N) is 1. The minimum atomic E-state index is -0.585. The Balaban J connectivity index is 1.49. The van der Waals surface area contributed by atoms with Gasteiger partial charge < -0.3 is 24.4 Å². The van der Waals surface area contributed by atoms with E-state index in [1.165, 1.54) is 38.5 Å². The van der Waals surface area contributed by atoms with Gasteiger partial charge in [-0.25, -0.2) is 4.79 Å². The molecule has 3 aliphatic heterocycles. The van der Waals surface area contributed by atoms with Crippen molar-refractivity contribution in [2.75, 3.05) is 39.5 Å². The monoisotopic (exact) mass is 423 g/mol. The molecular formula is C22H37N3O5. The summed E-state index contributed by atoms with van der Waals surface area (Å²) < 4.78 is 17.0. The van der Waals surface area contributed by atoms with Gasteiger partial charge in [0.1, 0.15) is 18.4 Å². The molecule has 0 bridgehead atoms. The van der Waals surface area contributed by atoms with Crippen LogP contribution in [0.2, 0.25) is 0 Å². The Kier molecular flexibility index (Phi) is 6.67. The van der Waals surface area contributed by atoms with Gasteiger partial charge in [-0.05, 0) is 26.2 Å². The van der Waals surface area contributed by atoms with Crippen molar-refractivity contribution in [3.63, 3.8) is 0 Å². The third-order valence-electron chi connectivity index (χ3n) is 7.21. The lowest BCUT2D eigenvalue weighted by atomic mass is 9.79. The van der Waals surface area contributed by atoms with Crippen molar-refractivity contribution in [3.8, 4) is 0 Å². The Hall–Kier alpha value is -1.22. The molecule has 170 valence electrons. The first-order valence-corrected chi connectivity index (χ1v) is 11.6. The average Bonchev–Trinajstić information content (AvgIpc) is 2.90. The van der Waals surface area contributed by atoms with E-state index in [1.54, 1.807) is 0 Å². The van der Waals surface area contributed by atoms with Gasteiger partial charge in [0.2, 0.25) is 0 Å². The summed E-state index contributed by atoms with van der Waals surface area (Å²) in [6.07, 6.45) is 7.97. The maximum atomic E-state index is 13.1. The molecule has 0 radical (unpaired) electrons. The third-order valence-corrected chi connectivity index (χ3v) is 7.21. The molecular weight excluding hydrogens is 386 g/mol. The molecule has 4 fully saturated rings. The molecule has 0 aromatic rings. The van der Waals surface area contributed by atoms with Gasteiger partial charge in [0.25, 0.3) is 0 Å². The standard InChI is InChI=1S/C22H37N3O5/c1-21(2)18(17(26)14-30-21)23-19-22(15-29-19,13-16-7-5-3-4-6-8-16)24-20(27)25-9-11-28-12-10-25/h16,18-19,23H,3-15H2,1-2H3,(H,24,27)/t18-,19?,22+/m1/s1. The number of hydrogen-bond acceptors (Lipinski definition) is 6. The normalized spacial score (nSPS) is 35.0. The number of urea groups is 1. The summed E-state index contributed by atoms with van der Waals surface area (Å²) in [5.41, 5.74) is -1.08. The van der Waals surface area contributed by atoms with Gasteiger partial charge in [0.05, 0.1) is 31.5 Å². The van der Waals surface area contributed by atoms with E-state index in [-0.39, 0.29) is 24.6 Å². The fraction of sp³-hybridized carbons (Fsp3) is 0.909. The zero-order valence-electron chi connectivity index (χ0n) is 18.4. The van der Waals surface area contributed by atoms with Crippen molar-refractivity contribution < 1.29 is 23.8 Å². The van der Waals surface area contributed by atoms with E-state index in [1.807, 2.05) is 18.7 Å². The first-order chi connectivity index (χ1) is 14.4. The lowest BCUT2D eigenvalue weighted by Gasteiger charge is -2.52. The molecule has 0 spiro atoms. The van der Waals surface area contributed by atoms with Crippen LogP contribution in [0.5, 0.6) is 0 Å². The van der Waals surface area contributed by atoms with Gasteiger partial charge in [-0.1, -0.05) is 38.5 Å². The first-order valence-electron chi connectivity index (χ1n) is 11.6. The molecule has 1 aliphatic carbocycles. The SMILES string of the molecule is CC1(C)OCC(=O)[C@H]1NC1OC[C@]1(CC1CCCCCC1)NC(=O)N1CCOCC1. The van der Waals surface area contributed by atoms with Gasteiger partial charge in [-0.2, -0.15) is 0 Å². The second kappa shape index (κ2) is 9.10. The van der Waals surface area contributed by atoms with Gasteiger partial charge >= 0.3 is 6.03 Å². The van der Waals surface area contributed by atoms with Crippen LogP contribution < -0.4 is 10.6 Å². The first kappa shape index (κ1) is 22.0. The molecule has 4 aliphatic rings. The molecule has 0 aromatic heterocycles. The predicted octanol–water partition coefficient (Wildman–Crippen LogP) is 1.82. The largest absolute Gasteiger partial charge is 0.378 e. The maximum Gasteiger partial charge on any atom is 0.318 e. The summed E-state index contributed by atoms with van der Waals surface area (Å²) in [5.74, 6) is 0.604. The van der Waals surface area contributed by atoms with Gasteiger partial charge in [-0.3, -0.25) is 10.1 Å². The minimum absolute atomic E-state index is 0.0402. The molecule has 4 rings (SSSR count). The molecule has 8 heteroatoms. The fourth-order valence-electron chi connectivity index (χ4n) is 5.29. The highest BCUT2D eigenvalue weighted by Crippen LogP contribution is 2.37. The fourth-order valence-corrected chi connectivity index (χ4v) is 5.29. The number of nitrogens with one attached hydrogen (secondary N) is 2. The summed E-state index contributed by atoms with van der Waals surface area (Å²) in [6.45, 7) is 6.79. The van der Waals surface area contributed by atoms with Crippen LogP contribution in [-0.4, -0.2) is 79.6 Å². The molecule has 2 N–H and O–H groups in total. The van der Waals surface area contributed by atoms with Crippen LogP contribution in [0.1, 0.15) is 58.8 Å². The third kappa shape index (κ3) is 4.66. The number of amides is 2. The molecule has 0 aromatic carbocycles. The van der Waals surface area contributed by atoms with Crippen LogP contribution >= 0.6 is 0 Å². The number of carbonyl (C=O) groups is 2. The van der Waals surface area contributed by atoms with Gasteiger partial charge in [-0.15, -0.1) is 0 Å². The number of morpholine rings is 1. The Labute approximate surface area is 179 Å². The van der Waals surface area contributed by atoms with Gasteiger partial charge in [0, 0.05) is 13.1 Å². The van der Waals surface area contributed by atoms with Crippen molar-refractivity contribution in [1.29, 1.82) is 0 Å². The van der Waals surface area contributed by atoms with E-state index in [9.17, 15) is 9.59 Å². The van der Waals surface area contributed by atoms with Crippen LogP contribution in [0.4, 0.5) is 4.79 Å². The summed E-state index contributed by atoms with van der Waals surface area (Å²) in [5, 5.41) is 6.73. The highest BCUT2D eigenvalue weighted by molar-refractivity contribution is 5.88. The number of hydrogen-bond donors (Lipinski definition) is 2. The quantitative estimate of drug-likeness (QED) is 0.656. The van der Waals surface area contributed by atoms with E-state index in [0.29, 0.717) is 38.8 Å². The van der Waals surface area contributed by atoms with Crippen molar-refractivity contribution in [2.24, 2.45) is 5.92 Å². The number of Topliss-reactive ketones (excluding diaryl/α,β-unsaturated/α-hetero) is 1. The van der Waals surface area contributed by atoms with Crippen LogP contribution in [0.3, 0.4) is 0 Å². The number of ether oxygens (including phenoxy) is 3. The number of rotatable bonds is 5. The number of ketones is 1.